The van der Waals surface area contributed by atoms with Crippen molar-refractivity contribution in [2.45, 2.75) is 25.4 Å². The second kappa shape index (κ2) is 9.67. The van der Waals surface area contributed by atoms with Crippen molar-refractivity contribution in [1.29, 1.82) is 5.26 Å². The molecule has 2 aromatic carbocycles. The van der Waals surface area contributed by atoms with E-state index in [1.165, 1.54) is 10.9 Å². The first-order chi connectivity index (χ1) is 15.2. The first-order valence-corrected chi connectivity index (χ1v) is 11.4. The third-order valence-electron chi connectivity index (χ3n) is 4.95. The van der Waals surface area contributed by atoms with Crippen molar-refractivity contribution in [1.82, 2.24) is 15.0 Å². The fourth-order valence-electron chi connectivity index (χ4n) is 3.44. The molecule has 0 unspecified atom stereocenters. The predicted molar refractivity (Wildman–Crippen MR) is 128 cm³/mol. The monoisotopic (exact) mass is 427 g/mol. The highest BCUT2D eigenvalue weighted by Gasteiger charge is 2.16. The fraction of sp³-hybridized carbons (Fsp3) is 0.240. The summed E-state index contributed by atoms with van der Waals surface area (Å²) in [5, 5.41) is 15.2. The number of aromatic nitrogens is 3. The van der Waals surface area contributed by atoms with Crippen molar-refractivity contribution in [2.24, 2.45) is 5.92 Å². The van der Waals surface area contributed by atoms with E-state index < -0.39 is 0 Å². The van der Waals surface area contributed by atoms with Crippen LogP contribution in [-0.2, 0) is 6.42 Å². The van der Waals surface area contributed by atoms with E-state index in [2.05, 4.69) is 54.6 Å². The summed E-state index contributed by atoms with van der Waals surface area (Å²) in [5.41, 5.74) is 4.47. The van der Waals surface area contributed by atoms with Gasteiger partial charge in [-0.2, -0.15) is 5.26 Å². The van der Waals surface area contributed by atoms with E-state index in [0.29, 0.717) is 34.7 Å². The van der Waals surface area contributed by atoms with Gasteiger partial charge in [-0.3, -0.25) is 0 Å². The Balaban J connectivity index is 1.61. The van der Waals surface area contributed by atoms with Crippen LogP contribution in [0.3, 0.4) is 0 Å². The Morgan fingerprint density at radius 3 is 2.61 bits per heavy atom. The number of anilines is 1. The molecule has 0 amide bonds. The molecule has 2 aromatic heterocycles. The molecule has 0 fully saturated rings. The van der Waals surface area contributed by atoms with Crippen molar-refractivity contribution in [3.63, 3.8) is 0 Å². The van der Waals surface area contributed by atoms with E-state index in [1.807, 2.05) is 36.4 Å². The number of nitrogens with zero attached hydrogens (tertiary/aromatic N) is 3. The Kier molecular flexibility index (Phi) is 6.54. The smallest absolute Gasteiger partial charge is 0.190 e. The standard InChI is InChI=1S/C25H25N5S/c1-17(2)16-31-25-29-23(18-8-4-3-5-9-18)21(14-26)24(30-25)27-13-12-19-15-28-22-11-7-6-10-20(19)22/h3-11,15,17,28H,12-13,16H2,1-2H3,(H,27,29,30). The molecule has 156 valence electrons. The lowest BCUT2D eigenvalue weighted by Gasteiger charge is -2.13. The number of benzene rings is 2. The van der Waals surface area contributed by atoms with Crippen LogP contribution in [0, 0.1) is 17.2 Å². The van der Waals surface area contributed by atoms with E-state index in [-0.39, 0.29) is 0 Å². The van der Waals surface area contributed by atoms with Crippen molar-refractivity contribution in [3.8, 4) is 17.3 Å². The van der Waals surface area contributed by atoms with Crippen LogP contribution in [-0.4, -0.2) is 27.2 Å². The highest BCUT2D eigenvalue weighted by molar-refractivity contribution is 7.99. The zero-order chi connectivity index (χ0) is 21.6. The SMILES string of the molecule is CC(C)CSc1nc(NCCc2c[nH]c3ccccc23)c(C#N)c(-c2ccccc2)n1. The van der Waals surface area contributed by atoms with Gasteiger partial charge in [0.25, 0.3) is 0 Å². The normalized spacial score (nSPS) is 11.0. The van der Waals surface area contributed by atoms with Crippen molar-refractivity contribution in [3.05, 3.63) is 71.9 Å². The van der Waals surface area contributed by atoms with Crippen molar-refractivity contribution >= 4 is 28.5 Å². The summed E-state index contributed by atoms with van der Waals surface area (Å²) in [6, 6.07) is 20.5. The van der Waals surface area contributed by atoms with Crippen molar-refractivity contribution in [2.75, 3.05) is 17.6 Å². The number of para-hydroxylation sites is 1. The second-order valence-electron chi connectivity index (χ2n) is 7.80. The van der Waals surface area contributed by atoms with E-state index >= 15 is 0 Å². The molecule has 0 atom stereocenters. The van der Waals surface area contributed by atoms with Gasteiger partial charge in [-0.15, -0.1) is 0 Å². The molecular weight excluding hydrogens is 402 g/mol. The number of nitriles is 1. The number of aromatic amines is 1. The van der Waals surface area contributed by atoms with Gasteiger partial charge >= 0.3 is 0 Å². The first-order valence-electron chi connectivity index (χ1n) is 10.4. The third kappa shape index (κ3) is 4.89. The number of nitrogens with one attached hydrogen (secondary N) is 2. The first kappa shape index (κ1) is 21.0. The molecule has 4 aromatic rings. The maximum Gasteiger partial charge on any atom is 0.190 e. The molecule has 2 N–H and O–H groups in total. The van der Waals surface area contributed by atoms with Gasteiger partial charge in [-0.1, -0.05) is 74.1 Å². The van der Waals surface area contributed by atoms with Crippen LogP contribution in [0.15, 0.2) is 66.0 Å². The van der Waals surface area contributed by atoms with Gasteiger partial charge in [-0.25, -0.2) is 9.97 Å². The Bertz CT molecular complexity index is 1210. The van der Waals surface area contributed by atoms with Crippen LogP contribution < -0.4 is 5.32 Å². The summed E-state index contributed by atoms with van der Waals surface area (Å²) >= 11 is 1.63. The molecule has 0 radical (unpaired) electrons. The number of rotatable bonds is 8. The van der Waals surface area contributed by atoms with Crippen LogP contribution >= 0.6 is 11.8 Å². The average molecular weight is 428 g/mol. The Labute approximate surface area is 186 Å². The van der Waals surface area contributed by atoms with Crippen LogP contribution in [0.1, 0.15) is 25.0 Å². The lowest BCUT2D eigenvalue weighted by Crippen LogP contribution is -2.10. The number of hydrogen-bond acceptors (Lipinski definition) is 5. The third-order valence-corrected chi connectivity index (χ3v) is 6.23. The van der Waals surface area contributed by atoms with Gasteiger partial charge < -0.3 is 10.3 Å². The summed E-state index contributed by atoms with van der Waals surface area (Å²) in [6.07, 6.45) is 2.88. The molecule has 5 nitrogen and oxygen atoms in total. The number of fused-ring (bicyclic) bond motifs is 1. The van der Waals surface area contributed by atoms with Gasteiger partial charge in [-0.05, 0) is 24.0 Å². The maximum absolute atomic E-state index is 9.91. The predicted octanol–water partition coefficient (Wildman–Crippen LogP) is 5.90. The molecule has 0 aliphatic carbocycles. The van der Waals surface area contributed by atoms with E-state index in [0.717, 1.165) is 23.3 Å². The molecule has 31 heavy (non-hydrogen) atoms. The summed E-state index contributed by atoms with van der Waals surface area (Å²) < 4.78 is 0. The topological polar surface area (TPSA) is 77.4 Å². The van der Waals surface area contributed by atoms with Gasteiger partial charge in [0.1, 0.15) is 17.5 Å². The minimum atomic E-state index is 0.485. The average Bonchev–Trinajstić information content (AvgIpc) is 3.21. The van der Waals surface area contributed by atoms with Gasteiger partial charge in [0.2, 0.25) is 0 Å². The number of H-pyrrole nitrogens is 1. The summed E-state index contributed by atoms with van der Waals surface area (Å²) in [7, 11) is 0. The highest BCUT2D eigenvalue weighted by atomic mass is 32.2. The molecule has 0 aliphatic rings. The largest absolute Gasteiger partial charge is 0.368 e. The summed E-state index contributed by atoms with van der Waals surface area (Å²) in [5.74, 6) is 2.06. The molecule has 2 heterocycles. The minimum Gasteiger partial charge on any atom is -0.368 e. The lowest BCUT2D eigenvalue weighted by atomic mass is 10.1. The van der Waals surface area contributed by atoms with Crippen LogP contribution in [0.2, 0.25) is 0 Å². The van der Waals surface area contributed by atoms with Gasteiger partial charge in [0.15, 0.2) is 5.16 Å². The number of thioether (sulfide) groups is 1. The fourth-order valence-corrected chi connectivity index (χ4v) is 4.23. The molecule has 0 saturated carbocycles. The minimum absolute atomic E-state index is 0.485. The molecule has 0 saturated heterocycles. The van der Waals surface area contributed by atoms with Crippen LogP contribution in [0.5, 0.6) is 0 Å². The summed E-state index contributed by atoms with van der Waals surface area (Å²) in [6.45, 7) is 5.03. The highest BCUT2D eigenvalue weighted by Crippen LogP contribution is 2.29. The zero-order valence-electron chi connectivity index (χ0n) is 17.7. The maximum atomic E-state index is 9.91. The van der Waals surface area contributed by atoms with Crippen LogP contribution in [0.4, 0.5) is 5.82 Å². The van der Waals surface area contributed by atoms with Gasteiger partial charge in [0, 0.05) is 35.0 Å². The molecule has 0 bridgehead atoms. The molecular formula is C25H25N5S. The molecule has 0 aliphatic heterocycles. The van der Waals surface area contributed by atoms with Crippen LogP contribution in [0.25, 0.3) is 22.2 Å². The van der Waals surface area contributed by atoms with Crippen molar-refractivity contribution < 1.29 is 0 Å². The zero-order valence-corrected chi connectivity index (χ0v) is 18.5. The Morgan fingerprint density at radius 1 is 1.06 bits per heavy atom. The van der Waals surface area contributed by atoms with E-state index in [1.54, 1.807) is 11.8 Å². The molecule has 0 spiro atoms. The summed E-state index contributed by atoms with van der Waals surface area (Å²) in [4.78, 5) is 12.7. The molecule has 6 heteroatoms. The Hall–Kier alpha value is -3.30. The van der Waals surface area contributed by atoms with Gasteiger partial charge in [0.05, 0.1) is 5.69 Å². The quantitative estimate of drug-likeness (QED) is 0.270. The molecule has 4 rings (SSSR count). The lowest BCUT2D eigenvalue weighted by molar-refractivity contribution is 0.748. The number of hydrogen-bond donors (Lipinski definition) is 2. The van der Waals surface area contributed by atoms with E-state index in [9.17, 15) is 5.26 Å². The van der Waals surface area contributed by atoms with E-state index in [4.69, 9.17) is 9.97 Å². The second-order valence-corrected chi connectivity index (χ2v) is 8.78. The Morgan fingerprint density at radius 2 is 1.84 bits per heavy atom.